The van der Waals surface area contributed by atoms with Crippen LogP contribution in [0.25, 0.3) is 0 Å². The summed E-state index contributed by atoms with van der Waals surface area (Å²) in [5.41, 5.74) is 1.83. The van der Waals surface area contributed by atoms with Crippen molar-refractivity contribution in [2.24, 2.45) is 0 Å². The summed E-state index contributed by atoms with van der Waals surface area (Å²) in [6.45, 7) is 0.328. The number of amides is 2. The van der Waals surface area contributed by atoms with Gasteiger partial charge in [-0.3, -0.25) is 4.98 Å². The van der Waals surface area contributed by atoms with Crippen LogP contribution in [0.5, 0.6) is 5.75 Å². The fourth-order valence-electron chi connectivity index (χ4n) is 1.60. The minimum absolute atomic E-state index is 0.0395. The van der Waals surface area contributed by atoms with E-state index in [1.54, 1.807) is 17.8 Å². The molecule has 7 nitrogen and oxygen atoms in total. The number of hydrogen-bond donors (Lipinski definition) is 3. The molecule has 2 rings (SSSR count). The van der Waals surface area contributed by atoms with Gasteiger partial charge >= 0.3 is 12.0 Å². The molecule has 0 fully saturated rings. The van der Waals surface area contributed by atoms with Crippen molar-refractivity contribution in [1.82, 2.24) is 10.3 Å². The minimum Gasteiger partial charge on any atom is -0.497 e. The summed E-state index contributed by atoms with van der Waals surface area (Å²) in [5, 5.41) is 14.3. The van der Waals surface area contributed by atoms with Crippen LogP contribution in [0.1, 0.15) is 15.2 Å². The number of nitrogens with one attached hydrogen (secondary N) is 2. The van der Waals surface area contributed by atoms with Crippen LogP contribution in [0.15, 0.2) is 29.9 Å². The number of ether oxygens (including phenoxy) is 1. The molecule has 3 N–H and O–H groups in total. The van der Waals surface area contributed by atoms with Gasteiger partial charge in [0.05, 0.1) is 30.4 Å². The van der Waals surface area contributed by atoms with E-state index in [4.69, 9.17) is 9.84 Å². The van der Waals surface area contributed by atoms with Crippen LogP contribution < -0.4 is 15.4 Å². The van der Waals surface area contributed by atoms with Gasteiger partial charge in [0.2, 0.25) is 0 Å². The van der Waals surface area contributed by atoms with Crippen molar-refractivity contribution in [3.63, 3.8) is 0 Å². The molecule has 0 aliphatic rings. The third-order valence-corrected chi connectivity index (χ3v) is 3.39. The normalized spacial score (nSPS) is 9.95. The average molecular weight is 307 g/mol. The Morgan fingerprint density at radius 3 is 2.86 bits per heavy atom. The standard InChI is InChI=1S/C13H13N3O4S/c1-20-8-2-3-11(10(4-8)12(17)18)16-13(19)15-6-9-5-14-7-21-9/h2-5,7H,6H2,1H3,(H,17,18)(H2,15,16,19). The summed E-state index contributed by atoms with van der Waals surface area (Å²) in [7, 11) is 1.44. The molecular formula is C13H13N3O4S. The molecule has 1 aromatic heterocycles. The zero-order chi connectivity index (χ0) is 15.2. The Balaban J connectivity index is 2.04. The van der Waals surface area contributed by atoms with Crippen molar-refractivity contribution in [2.45, 2.75) is 6.54 Å². The quantitative estimate of drug-likeness (QED) is 0.786. The molecule has 2 aromatic rings. The number of hydrogen-bond acceptors (Lipinski definition) is 5. The van der Waals surface area contributed by atoms with Crippen molar-refractivity contribution in [1.29, 1.82) is 0 Å². The van der Waals surface area contributed by atoms with Crippen LogP contribution in [0.4, 0.5) is 10.5 Å². The van der Waals surface area contributed by atoms with Gasteiger partial charge in [0.1, 0.15) is 5.75 Å². The summed E-state index contributed by atoms with van der Waals surface area (Å²) in [4.78, 5) is 27.8. The van der Waals surface area contributed by atoms with Crippen LogP contribution in [-0.2, 0) is 6.54 Å². The van der Waals surface area contributed by atoms with E-state index in [-0.39, 0.29) is 11.3 Å². The SMILES string of the molecule is COc1ccc(NC(=O)NCc2cncs2)c(C(=O)O)c1. The third kappa shape index (κ3) is 3.93. The van der Waals surface area contributed by atoms with E-state index in [0.717, 1.165) is 4.88 Å². The molecule has 0 aliphatic carbocycles. The summed E-state index contributed by atoms with van der Waals surface area (Å²) in [5.74, 6) is -0.741. The van der Waals surface area contributed by atoms with Gasteiger partial charge in [-0.1, -0.05) is 0 Å². The number of carbonyl (C=O) groups is 2. The lowest BCUT2D eigenvalue weighted by molar-refractivity contribution is 0.0697. The van der Waals surface area contributed by atoms with Crippen LogP contribution >= 0.6 is 11.3 Å². The zero-order valence-corrected chi connectivity index (χ0v) is 11.9. The van der Waals surface area contributed by atoms with E-state index in [1.165, 1.54) is 30.6 Å². The van der Waals surface area contributed by atoms with Crippen molar-refractivity contribution in [3.8, 4) is 5.75 Å². The summed E-state index contributed by atoms with van der Waals surface area (Å²) in [6, 6.07) is 3.91. The predicted octanol–water partition coefficient (Wildman–Crippen LogP) is 2.17. The first kappa shape index (κ1) is 14.8. The van der Waals surface area contributed by atoms with E-state index >= 15 is 0 Å². The van der Waals surface area contributed by atoms with Crippen molar-refractivity contribution < 1.29 is 19.4 Å². The number of aromatic carboxylic acids is 1. The second-order valence-electron chi connectivity index (χ2n) is 3.99. The number of methoxy groups -OCH3 is 1. The first-order valence-corrected chi connectivity index (χ1v) is 6.81. The Morgan fingerprint density at radius 1 is 1.43 bits per heavy atom. The van der Waals surface area contributed by atoms with Gasteiger partial charge in [-0.25, -0.2) is 9.59 Å². The number of nitrogens with zero attached hydrogens (tertiary/aromatic N) is 1. The topological polar surface area (TPSA) is 101 Å². The van der Waals surface area contributed by atoms with Crippen LogP contribution in [0.3, 0.4) is 0 Å². The van der Waals surface area contributed by atoms with E-state index < -0.39 is 12.0 Å². The van der Waals surface area contributed by atoms with Gasteiger partial charge in [0.25, 0.3) is 0 Å². The van der Waals surface area contributed by atoms with E-state index in [0.29, 0.717) is 12.3 Å². The summed E-state index contributed by atoms with van der Waals surface area (Å²) < 4.78 is 4.96. The Kier molecular flexibility index (Phi) is 4.72. The number of anilines is 1. The maximum absolute atomic E-state index is 11.8. The second kappa shape index (κ2) is 6.71. The number of carbonyl (C=O) groups excluding carboxylic acids is 1. The second-order valence-corrected chi connectivity index (χ2v) is 4.96. The van der Waals surface area contributed by atoms with Crippen molar-refractivity contribution >= 4 is 29.0 Å². The van der Waals surface area contributed by atoms with E-state index in [1.807, 2.05) is 0 Å². The van der Waals surface area contributed by atoms with Gasteiger partial charge in [-0.2, -0.15) is 0 Å². The molecule has 1 heterocycles. The molecule has 0 saturated carbocycles. The number of thiazole rings is 1. The largest absolute Gasteiger partial charge is 0.497 e. The van der Waals surface area contributed by atoms with E-state index in [9.17, 15) is 9.59 Å². The zero-order valence-electron chi connectivity index (χ0n) is 11.1. The number of aromatic nitrogens is 1. The smallest absolute Gasteiger partial charge is 0.337 e. The number of carboxylic acid groups (broad SMARTS) is 1. The molecule has 0 bridgehead atoms. The van der Waals surface area contributed by atoms with Gasteiger partial charge in [0.15, 0.2) is 0 Å². The lowest BCUT2D eigenvalue weighted by atomic mass is 10.1. The highest BCUT2D eigenvalue weighted by Gasteiger charge is 2.13. The molecule has 0 radical (unpaired) electrons. The highest BCUT2D eigenvalue weighted by Crippen LogP contribution is 2.22. The molecule has 0 saturated heterocycles. The van der Waals surface area contributed by atoms with Crippen LogP contribution in [0.2, 0.25) is 0 Å². The monoisotopic (exact) mass is 307 g/mol. The van der Waals surface area contributed by atoms with Gasteiger partial charge < -0.3 is 20.5 Å². The molecule has 21 heavy (non-hydrogen) atoms. The summed E-state index contributed by atoms with van der Waals surface area (Å²) in [6.07, 6.45) is 1.65. The van der Waals surface area contributed by atoms with Gasteiger partial charge in [-0.05, 0) is 18.2 Å². The first-order valence-electron chi connectivity index (χ1n) is 5.93. The van der Waals surface area contributed by atoms with Crippen LogP contribution in [-0.4, -0.2) is 29.2 Å². The number of carboxylic acids is 1. The molecule has 0 aliphatic heterocycles. The minimum atomic E-state index is -1.15. The first-order chi connectivity index (χ1) is 10.1. The number of urea groups is 1. The van der Waals surface area contributed by atoms with Gasteiger partial charge in [-0.15, -0.1) is 11.3 Å². The maximum Gasteiger partial charge on any atom is 0.337 e. The molecule has 0 unspecified atom stereocenters. The van der Waals surface area contributed by atoms with Crippen molar-refractivity contribution in [2.75, 3.05) is 12.4 Å². The Morgan fingerprint density at radius 2 is 2.24 bits per heavy atom. The van der Waals surface area contributed by atoms with E-state index in [2.05, 4.69) is 15.6 Å². The fraction of sp³-hybridized carbons (Fsp3) is 0.154. The molecule has 110 valence electrons. The molecule has 2 amide bonds. The van der Waals surface area contributed by atoms with Gasteiger partial charge in [0, 0.05) is 11.1 Å². The van der Waals surface area contributed by atoms with Crippen LogP contribution in [0, 0.1) is 0 Å². The Hall–Kier alpha value is -2.61. The third-order valence-electron chi connectivity index (χ3n) is 2.61. The average Bonchev–Trinajstić information content (AvgIpc) is 2.98. The lowest BCUT2D eigenvalue weighted by Gasteiger charge is -2.10. The summed E-state index contributed by atoms with van der Waals surface area (Å²) >= 11 is 1.42. The Labute approximate surface area is 124 Å². The molecule has 0 spiro atoms. The highest BCUT2D eigenvalue weighted by atomic mass is 32.1. The molecule has 8 heteroatoms. The number of rotatable bonds is 5. The molecular weight excluding hydrogens is 294 g/mol. The Bertz CT molecular complexity index is 643. The predicted molar refractivity (Wildman–Crippen MR) is 77.9 cm³/mol. The molecule has 1 aromatic carbocycles. The maximum atomic E-state index is 11.8. The highest BCUT2D eigenvalue weighted by molar-refractivity contribution is 7.09. The molecule has 0 atom stereocenters. The lowest BCUT2D eigenvalue weighted by Crippen LogP contribution is -2.28. The fourth-order valence-corrected chi connectivity index (χ4v) is 2.13. The number of benzene rings is 1. The van der Waals surface area contributed by atoms with Crippen molar-refractivity contribution in [3.05, 3.63) is 40.3 Å².